The van der Waals surface area contributed by atoms with Crippen LogP contribution in [0.2, 0.25) is 0 Å². The summed E-state index contributed by atoms with van der Waals surface area (Å²) in [5.74, 6) is 0. The normalized spacial score (nSPS) is 11.0. The molecule has 0 nitrogen and oxygen atoms in total. The third-order valence-electron chi connectivity index (χ3n) is 3.54. The van der Waals surface area contributed by atoms with Crippen LogP contribution in [0.3, 0.4) is 0 Å². The van der Waals surface area contributed by atoms with Crippen LogP contribution in [-0.4, -0.2) is 33.1 Å². The Labute approximate surface area is 185 Å². The first-order valence-electron chi connectivity index (χ1n) is 8.54. The van der Waals surface area contributed by atoms with Crippen molar-refractivity contribution in [3.8, 4) is 0 Å². The van der Waals surface area contributed by atoms with Crippen molar-refractivity contribution in [2.24, 2.45) is 5.41 Å². The minimum absolute atomic E-state index is 0. The van der Waals surface area contributed by atoms with E-state index in [1.54, 1.807) is 0 Å². The zero-order valence-corrected chi connectivity index (χ0v) is 21.0. The van der Waals surface area contributed by atoms with Gasteiger partial charge in [-0.2, -0.15) is 0 Å². The number of benzene rings is 3. The van der Waals surface area contributed by atoms with Crippen LogP contribution >= 0.6 is 0 Å². The minimum atomic E-state index is -2.29. The van der Waals surface area contributed by atoms with Gasteiger partial charge in [-0.15, -0.1) is 0 Å². The van der Waals surface area contributed by atoms with E-state index in [0.29, 0.717) is 0 Å². The zero-order chi connectivity index (χ0) is 18.3. The molecule has 3 heteroatoms. The van der Waals surface area contributed by atoms with Crippen LogP contribution in [0.5, 0.6) is 0 Å². The average Bonchev–Trinajstić information content (AvgIpc) is 2.62. The van der Waals surface area contributed by atoms with Crippen molar-refractivity contribution in [3.63, 3.8) is 0 Å². The second kappa shape index (κ2) is 10.4. The van der Waals surface area contributed by atoms with E-state index in [1.807, 2.05) is 18.2 Å². The molecule has 3 aromatic carbocycles. The molecule has 26 heavy (non-hydrogen) atoms. The van der Waals surface area contributed by atoms with E-state index < -0.39 is 7.22 Å². The Bertz CT molecular complexity index is 656. The van der Waals surface area contributed by atoms with Gasteiger partial charge < -0.3 is 12.1 Å². The van der Waals surface area contributed by atoms with Crippen LogP contribution in [0.4, 0.5) is 0 Å². The molecule has 0 aliphatic rings. The first-order valence-corrected chi connectivity index (χ1v) is 11.7. The van der Waals surface area contributed by atoms with Gasteiger partial charge in [0.1, 0.15) is 0 Å². The van der Waals surface area contributed by atoms with Gasteiger partial charge in [0.25, 0.3) is 0 Å². The maximum absolute atomic E-state index is 6.24. The predicted octanol–water partition coefficient (Wildman–Crippen LogP) is 3.93. The van der Waals surface area contributed by atoms with Gasteiger partial charge in [-0.1, -0.05) is 127 Å². The molecule has 0 N–H and O–H groups in total. The molecule has 0 unspecified atom stereocenters. The standard InChI is InChI=1S/C18H15SSi.C5H11.In.H2/c19-20(16-10-4-1-5-11-16,17-12-6-2-7-13-17)18-14-8-3-9-15-18;1-5(2,3)4;;/h1-15H;1H2,2-4H3;;1H/q-1;;+1;. The van der Waals surface area contributed by atoms with Crippen molar-refractivity contribution in [1.82, 2.24) is 0 Å². The Kier molecular flexibility index (Phi) is 9.29. The number of hydrogen-bond donors (Lipinski definition) is 0. The summed E-state index contributed by atoms with van der Waals surface area (Å²) in [6.07, 6.45) is 0. The van der Waals surface area contributed by atoms with E-state index in [-0.39, 0.29) is 32.7 Å². The second-order valence-corrected chi connectivity index (χ2v) is 12.3. The number of hydrogen-bond acceptors (Lipinski definition) is 1. The summed E-state index contributed by atoms with van der Waals surface area (Å²) in [7, 11) is -2.29. The van der Waals surface area contributed by atoms with Crippen LogP contribution in [0.25, 0.3) is 0 Å². The van der Waals surface area contributed by atoms with Crippen LogP contribution in [0, 0.1) is 12.3 Å². The molecule has 133 valence electrons. The van der Waals surface area contributed by atoms with Crippen molar-refractivity contribution < 1.29 is 1.43 Å². The molecule has 3 rings (SSSR count). The summed E-state index contributed by atoms with van der Waals surface area (Å²) in [6, 6.07) is 31.6. The van der Waals surface area contributed by atoms with E-state index in [2.05, 4.69) is 100 Å². The summed E-state index contributed by atoms with van der Waals surface area (Å²) >= 11 is 6.24. The van der Waals surface area contributed by atoms with Crippen molar-refractivity contribution in [2.45, 2.75) is 20.8 Å². The zero-order valence-electron chi connectivity index (χ0n) is 15.9. The van der Waals surface area contributed by atoms with Crippen LogP contribution in [0.15, 0.2) is 91.0 Å². The summed E-state index contributed by atoms with van der Waals surface area (Å²) in [6.45, 7) is 10.0. The van der Waals surface area contributed by atoms with Gasteiger partial charge in [-0.05, 0) is 12.3 Å². The minimum Gasteiger partial charge on any atom is -0.782 e. The van der Waals surface area contributed by atoms with E-state index in [0.717, 1.165) is 0 Å². The molecule has 0 bridgehead atoms. The summed E-state index contributed by atoms with van der Waals surface area (Å²) in [4.78, 5) is 0. The molecular formula is C23H28InSSi. The monoisotopic (exact) mass is 479 g/mol. The van der Waals surface area contributed by atoms with Crippen LogP contribution in [0.1, 0.15) is 22.2 Å². The maximum atomic E-state index is 6.24. The van der Waals surface area contributed by atoms with Crippen LogP contribution < -0.4 is 15.6 Å². The quantitative estimate of drug-likeness (QED) is 0.312. The van der Waals surface area contributed by atoms with Crippen molar-refractivity contribution in [1.29, 1.82) is 0 Å². The molecule has 0 aliphatic carbocycles. The smallest absolute Gasteiger partial charge is 0.782 e. The fourth-order valence-electron chi connectivity index (χ4n) is 2.52. The van der Waals surface area contributed by atoms with Gasteiger partial charge >= 0.3 is 25.8 Å². The Morgan fingerprint density at radius 3 is 1.04 bits per heavy atom. The predicted molar refractivity (Wildman–Crippen MR) is 124 cm³/mol. The van der Waals surface area contributed by atoms with Crippen LogP contribution in [-0.2, 0) is 12.1 Å². The molecule has 0 fully saturated rings. The fourth-order valence-corrected chi connectivity index (χ4v) is 6.73. The third kappa shape index (κ3) is 6.68. The van der Waals surface area contributed by atoms with Crippen molar-refractivity contribution >= 4 is 60.7 Å². The Morgan fingerprint density at radius 1 is 0.654 bits per heavy atom. The van der Waals surface area contributed by atoms with Gasteiger partial charge in [0.15, 0.2) is 0 Å². The third-order valence-corrected chi connectivity index (χ3v) is 9.10. The van der Waals surface area contributed by atoms with E-state index in [1.165, 1.54) is 15.6 Å². The average molecular weight is 479 g/mol. The molecule has 0 amide bonds. The molecule has 0 aliphatic heterocycles. The van der Waals surface area contributed by atoms with E-state index >= 15 is 0 Å². The van der Waals surface area contributed by atoms with E-state index in [9.17, 15) is 0 Å². The molecular weight excluding hydrogens is 451 g/mol. The molecule has 0 saturated carbocycles. The molecule has 0 aromatic heterocycles. The maximum Gasteiger partial charge on any atom is 1.00 e. The molecule has 0 heterocycles. The fraction of sp³-hybridized carbons (Fsp3) is 0.174. The molecule has 0 spiro atoms. The topological polar surface area (TPSA) is 0 Å². The van der Waals surface area contributed by atoms with Gasteiger partial charge in [-0.25, -0.2) is 0 Å². The van der Waals surface area contributed by atoms with Gasteiger partial charge in [-0.3, -0.25) is 0 Å². The van der Waals surface area contributed by atoms with Crippen molar-refractivity contribution in [3.05, 3.63) is 97.9 Å². The summed E-state index contributed by atoms with van der Waals surface area (Å²) in [5.41, 5.74) is 0.250. The van der Waals surface area contributed by atoms with Gasteiger partial charge in [0.2, 0.25) is 0 Å². The second-order valence-electron chi connectivity index (χ2n) is 7.34. The number of rotatable bonds is 3. The molecule has 3 radical (unpaired) electrons. The van der Waals surface area contributed by atoms with E-state index in [4.69, 9.17) is 12.1 Å². The summed E-state index contributed by atoms with van der Waals surface area (Å²) in [5, 5.41) is 3.81. The molecule has 0 saturated heterocycles. The Morgan fingerprint density at radius 2 is 0.846 bits per heavy atom. The first-order chi connectivity index (χ1) is 11.8. The van der Waals surface area contributed by atoms with Gasteiger partial charge in [0.05, 0.1) is 0 Å². The van der Waals surface area contributed by atoms with Crippen molar-refractivity contribution in [2.75, 3.05) is 0 Å². The van der Waals surface area contributed by atoms with Gasteiger partial charge in [0, 0.05) is 8.65 Å². The first kappa shape index (κ1) is 23.1. The molecule has 3 aromatic rings. The molecule has 0 atom stereocenters. The Hall–Kier alpha value is -0.903. The SMILES string of the molecule is [CH2]C(C)(C)C.[HH].[In+].[S-][Si](c1ccccc1)(c1ccccc1)c1ccccc1. The largest absolute Gasteiger partial charge is 1.00 e. The summed E-state index contributed by atoms with van der Waals surface area (Å²) < 4.78 is 0. The Balaban J connectivity index is 0.000000864.